The van der Waals surface area contributed by atoms with Gasteiger partial charge in [-0.1, -0.05) is 0 Å². The van der Waals surface area contributed by atoms with Gasteiger partial charge in [0.2, 0.25) is 0 Å². The van der Waals surface area contributed by atoms with Crippen LogP contribution in [0.2, 0.25) is 0 Å². The van der Waals surface area contributed by atoms with Gasteiger partial charge in [0.25, 0.3) is 0 Å². The molecule has 2 bridgehead atoms. The smallest absolute Gasteiger partial charge is 0.410 e. The molecule has 16 heavy (non-hydrogen) atoms. The van der Waals surface area contributed by atoms with Crippen LogP contribution in [0.4, 0.5) is 4.79 Å². The van der Waals surface area contributed by atoms with Crippen LogP contribution in [-0.4, -0.2) is 55.0 Å². The van der Waals surface area contributed by atoms with Crippen LogP contribution in [0.5, 0.6) is 0 Å². The number of rotatable bonds is 0. The van der Waals surface area contributed by atoms with Crippen LogP contribution >= 0.6 is 0 Å². The third kappa shape index (κ3) is 2.86. The zero-order valence-corrected chi connectivity index (χ0v) is 10.2. The number of carbonyl (C=O) groups excluding carboxylic acids is 1. The lowest BCUT2D eigenvalue weighted by Gasteiger charge is -2.41. The number of morpholine rings is 2. The first-order valence-electron chi connectivity index (χ1n) is 5.78. The van der Waals surface area contributed by atoms with Gasteiger partial charge in [-0.25, -0.2) is 4.79 Å². The number of ether oxygens (including phenoxy) is 2. The molecule has 1 amide bonds. The first-order valence-corrected chi connectivity index (χ1v) is 5.78. The summed E-state index contributed by atoms with van der Waals surface area (Å²) in [5.41, 5.74) is -0.428. The van der Waals surface area contributed by atoms with Crippen LogP contribution in [0.15, 0.2) is 0 Å². The van der Waals surface area contributed by atoms with E-state index in [1.165, 1.54) is 0 Å². The molecule has 0 spiro atoms. The zero-order chi connectivity index (χ0) is 11.8. The zero-order valence-electron chi connectivity index (χ0n) is 10.2. The molecule has 5 heteroatoms. The quantitative estimate of drug-likeness (QED) is 0.659. The van der Waals surface area contributed by atoms with Gasteiger partial charge in [-0.15, -0.1) is 0 Å². The SMILES string of the molecule is CC(C)(C)OC(=O)N1C[C@H]2CNC[C@H](C1)O2. The topological polar surface area (TPSA) is 50.8 Å². The Morgan fingerprint density at radius 3 is 2.38 bits per heavy atom. The Kier molecular flexibility index (Phi) is 3.08. The normalized spacial score (nSPS) is 30.1. The van der Waals surface area contributed by atoms with Gasteiger partial charge in [0.1, 0.15) is 5.60 Å². The van der Waals surface area contributed by atoms with Gasteiger partial charge in [0.05, 0.1) is 25.3 Å². The monoisotopic (exact) mass is 228 g/mol. The summed E-state index contributed by atoms with van der Waals surface area (Å²) in [7, 11) is 0. The van der Waals surface area contributed by atoms with E-state index in [0.29, 0.717) is 13.1 Å². The first-order chi connectivity index (χ1) is 7.44. The largest absolute Gasteiger partial charge is 0.444 e. The van der Waals surface area contributed by atoms with Crippen molar-refractivity contribution < 1.29 is 14.3 Å². The average Bonchev–Trinajstić information content (AvgIpc) is 2.14. The molecule has 0 aromatic rings. The lowest BCUT2D eigenvalue weighted by atomic mass is 10.1. The molecule has 0 aromatic carbocycles. The Hall–Kier alpha value is -0.810. The molecule has 0 radical (unpaired) electrons. The van der Waals surface area contributed by atoms with Crippen LogP contribution in [0.3, 0.4) is 0 Å². The van der Waals surface area contributed by atoms with Gasteiger partial charge in [-0.3, -0.25) is 0 Å². The van der Waals surface area contributed by atoms with Crippen LogP contribution in [-0.2, 0) is 9.47 Å². The maximum atomic E-state index is 11.9. The molecule has 0 saturated carbocycles. The molecule has 2 aliphatic heterocycles. The van der Waals surface area contributed by atoms with E-state index in [2.05, 4.69) is 5.32 Å². The van der Waals surface area contributed by atoms with E-state index in [4.69, 9.17) is 9.47 Å². The second-order valence-electron chi connectivity index (χ2n) is 5.42. The van der Waals surface area contributed by atoms with E-state index in [1.807, 2.05) is 20.8 Å². The lowest BCUT2D eigenvalue weighted by molar-refractivity contribution is -0.102. The number of nitrogens with zero attached hydrogens (tertiary/aromatic N) is 1. The van der Waals surface area contributed by atoms with Gasteiger partial charge in [-0.05, 0) is 20.8 Å². The summed E-state index contributed by atoms with van der Waals surface area (Å²) >= 11 is 0. The highest BCUT2D eigenvalue weighted by atomic mass is 16.6. The van der Waals surface area contributed by atoms with Gasteiger partial charge in [0, 0.05) is 13.1 Å². The Morgan fingerprint density at radius 1 is 1.31 bits per heavy atom. The summed E-state index contributed by atoms with van der Waals surface area (Å²) < 4.78 is 11.1. The molecule has 2 saturated heterocycles. The van der Waals surface area contributed by atoms with Crippen LogP contribution in [0, 0.1) is 0 Å². The molecular weight excluding hydrogens is 208 g/mol. The van der Waals surface area contributed by atoms with Crippen molar-refractivity contribution in [2.75, 3.05) is 26.2 Å². The summed E-state index contributed by atoms with van der Waals surface area (Å²) in [6, 6.07) is 0. The highest BCUT2D eigenvalue weighted by Gasteiger charge is 2.35. The second kappa shape index (κ2) is 4.22. The highest BCUT2D eigenvalue weighted by molar-refractivity contribution is 5.68. The summed E-state index contributed by atoms with van der Waals surface area (Å²) in [4.78, 5) is 13.6. The fourth-order valence-corrected chi connectivity index (χ4v) is 2.03. The predicted octanol–water partition coefficient (Wildman–Crippen LogP) is 0.594. The number of amides is 1. The average molecular weight is 228 g/mol. The number of carbonyl (C=O) groups is 1. The summed E-state index contributed by atoms with van der Waals surface area (Å²) in [6.07, 6.45) is -0.00673. The van der Waals surface area contributed by atoms with Crippen molar-refractivity contribution >= 4 is 6.09 Å². The number of fused-ring (bicyclic) bond motifs is 2. The Labute approximate surface area is 96.1 Å². The van der Waals surface area contributed by atoms with Crippen molar-refractivity contribution in [2.45, 2.75) is 38.6 Å². The maximum absolute atomic E-state index is 11.9. The third-order valence-corrected chi connectivity index (χ3v) is 2.63. The molecule has 92 valence electrons. The van der Waals surface area contributed by atoms with E-state index in [0.717, 1.165) is 13.1 Å². The van der Waals surface area contributed by atoms with Gasteiger partial charge in [0.15, 0.2) is 0 Å². The first kappa shape index (κ1) is 11.7. The molecule has 2 aliphatic rings. The second-order valence-corrected chi connectivity index (χ2v) is 5.42. The minimum absolute atomic E-state index is 0.111. The van der Waals surface area contributed by atoms with Crippen LogP contribution in [0.25, 0.3) is 0 Å². The summed E-state index contributed by atoms with van der Waals surface area (Å²) in [5, 5.41) is 3.29. The molecule has 2 atom stereocenters. The molecule has 1 N–H and O–H groups in total. The molecule has 2 heterocycles. The van der Waals surface area contributed by atoms with E-state index in [-0.39, 0.29) is 18.3 Å². The molecule has 2 fully saturated rings. The Morgan fingerprint density at radius 2 is 1.88 bits per heavy atom. The molecule has 5 nitrogen and oxygen atoms in total. The van der Waals surface area contributed by atoms with Gasteiger partial charge in [-0.2, -0.15) is 0 Å². The molecular formula is C11H20N2O3. The summed E-state index contributed by atoms with van der Waals surface area (Å²) in [5.74, 6) is 0. The fraction of sp³-hybridized carbons (Fsp3) is 0.909. The van der Waals surface area contributed by atoms with E-state index >= 15 is 0 Å². The number of nitrogens with one attached hydrogen (secondary N) is 1. The molecule has 2 rings (SSSR count). The number of hydrogen-bond donors (Lipinski definition) is 1. The van der Waals surface area contributed by atoms with Gasteiger partial charge < -0.3 is 19.7 Å². The number of hydrogen-bond acceptors (Lipinski definition) is 4. The Bertz CT molecular complexity index is 263. The van der Waals surface area contributed by atoms with Crippen molar-refractivity contribution in [3.63, 3.8) is 0 Å². The van der Waals surface area contributed by atoms with E-state index in [1.54, 1.807) is 4.90 Å². The maximum Gasteiger partial charge on any atom is 0.410 e. The van der Waals surface area contributed by atoms with Crippen molar-refractivity contribution in [2.24, 2.45) is 0 Å². The minimum atomic E-state index is -0.428. The predicted molar refractivity (Wildman–Crippen MR) is 59.3 cm³/mol. The summed E-state index contributed by atoms with van der Waals surface area (Å²) in [6.45, 7) is 8.53. The highest BCUT2D eigenvalue weighted by Crippen LogP contribution is 2.17. The van der Waals surface area contributed by atoms with Gasteiger partial charge >= 0.3 is 6.09 Å². The van der Waals surface area contributed by atoms with Crippen molar-refractivity contribution in [3.05, 3.63) is 0 Å². The molecule has 0 aromatic heterocycles. The third-order valence-electron chi connectivity index (χ3n) is 2.63. The van der Waals surface area contributed by atoms with Crippen molar-refractivity contribution in [3.8, 4) is 0 Å². The van der Waals surface area contributed by atoms with Crippen LogP contribution in [0.1, 0.15) is 20.8 Å². The molecule has 0 unspecified atom stereocenters. The van der Waals surface area contributed by atoms with Crippen molar-refractivity contribution in [1.82, 2.24) is 10.2 Å². The fourth-order valence-electron chi connectivity index (χ4n) is 2.03. The minimum Gasteiger partial charge on any atom is -0.444 e. The van der Waals surface area contributed by atoms with Crippen molar-refractivity contribution in [1.29, 1.82) is 0 Å². The Balaban J connectivity index is 1.92. The standard InChI is InChI=1S/C11H20N2O3/c1-11(2,3)16-10(14)13-6-8-4-12-5-9(7-13)15-8/h8-9,12H,4-7H2,1-3H3/t8-,9-/m1/s1. The lowest BCUT2D eigenvalue weighted by Crippen LogP contribution is -2.59. The van der Waals surface area contributed by atoms with Crippen LogP contribution < -0.4 is 5.32 Å². The van der Waals surface area contributed by atoms with E-state index in [9.17, 15) is 4.79 Å². The molecule has 0 aliphatic carbocycles. The van der Waals surface area contributed by atoms with E-state index < -0.39 is 5.60 Å².